The van der Waals surface area contributed by atoms with Gasteiger partial charge in [0, 0.05) is 16.8 Å². The number of ether oxygens (including phenoxy) is 2. The molecule has 8 heteroatoms. The number of hydrogen-bond acceptors (Lipinski definition) is 5. The molecule has 1 unspecified atom stereocenters. The van der Waals surface area contributed by atoms with E-state index in [0.717, 1.165) is 11.3 Å². The zero-order chi connectivity index (χ0) is 18.3. The van der Waals surface area contributed by atoms with E-state index in [0.29, 0.717) is 32.0 Å². The van der Waals surface area contributed by atoms with Crippen LogP contribution in [0.2, 0.25) is 10.0 Å². The van der Waals surface area contributed by atoms with Crippen molar-refractivity contribution in [3.05, 3.63) is 56.4 Å². The fourth-order valence-corrected chi connectivity index (χ4v) is 4.08. The Kier molecular flexibility index (Phi) is 4.65. The molecule has 2 N–H and O–H groups in total. The van der Waals surface area contributed by atoms with Gasteiger partial charge < -0.3 is 20.1 Å². The lowest BCUT2D eigenvalue weighted by Gasteiger charge is -2.15. The van der Waals surface area contributed by atoms with E-state index in [1.165, 1.54) is 11.8 Å². The van der Waals surface area contributed by atoms with Crippen LogP contribution in [0.5, 0.6) is 11.5 Å². The quantitative estimate of drug-likeness (QED) is 0.724. The van der Waals surface area contributed by atoms with E-state index in [2.05, 4.69) is 10.6 Å². The number of carbonyl (C=O) groups excluding carboxylic acids is 1. The van der Waals surface area contributed by atoms with E-state index >= 15 is 0 Å². The van der Waals surface area contributed by atoms with Crippen molar-refractivity contribution >= 4 is 52.6 Å². The van der Waals surface area contributed by atoms with Crippen molar-refractivity contribution in [1.82, 2.24) is 5.32 Å². The lowest BCUT2D eigenvalue weighted by Crippen LogP contribution is -2.31. The van der Waals surface area contributed by atoms with Crippen molar-refractivity contribution in [3.8, 4) is 11.5 Å². The van der Waals surface area contributed by atoms with Gasteiger partial charge in [-0.15, -0.1) is 0 Å². The molecule has 2 aliphatic rings. The number of anilines is 1. The fourth-order valence-electron chi connectivity index (χ4n) is 2.68. The molecule has 26 heavy (non-hydrogen) atoms. The molecule has 0 bridgehead atoms. The van der Waals surface area contributed by atoms with E-state index < -0.39 is 0 Å². The maximum absolute atomic E-state index is 12.3. The standard InChI is InChI=1S/C18H14Cl2N2O3S/c1-9-4-11(19)2-3-13(9)21-18-22-17(23)16(26-18)6-10-5-14-15(7-12(10)20)25-8-24-14/h2-7,18,21H,8H2,1H3,(H,22,23)/b16-6-. The molecular formula is C18H14Cl2N2O3S. The lowest BCUT2D eigenvalue weighted by molar-refractivity contribution is -0.116. The summed E-state index contributed by atoms with van der Waals surface area (Å²) in [4.78, 5) is 12.9. The number of nitrogens with one attached hydrogen (secondary N) is 2. The van der Waals surface area contributed by atoms with Crippen LogP contribution >= 0.6 is 35.0 Å². The summed E-state index contributed by atoms with van der Waals surface area (Å²) in [5.74, 6) is 1.07. The van der Waals surface area contributed by atoms with Gasteiger partial charge in [0.1, 0.15) is 0 Å². The molecule has 2 aliphatic heterocycles. The molecule has 0 aromatic heterocycles. The van der Waals surface area contributed by atoms with Gasteiger partial charge in [0.05, 0.1) is 9.93 Å². The van der Waals surface area contributed by atoms with Crippen molar-refractivity contribution in [3.63, 3.8) is 0 Å². The SMILES string of the molecule is Cc1cc(Cl)ccc1NC1NC(=O)/C(=C/c2cc3c(cc2Cl)OCO3)S1. The molecule has 4 rings (SSSR count). The number of aryl methyl sites for hydroxylation is 1. The van der Waals surface area contributed by atoms with E-state index in [9.17, 15) is 4.79 Å². The predicted molar refractivity (Wildman–Crippen MR) is 105 cm³/mol. The Morgan fingerprint density at radius 3 is 2.77 bits per heavy atom. The molecule has 1 fully saturated rings. The molecule has 134 valence electrons. The molecule has 0 saturated carbocycles. The molecule has 1 saturated heterocycles. The monoisotopic (exact) mass is 408 g/mol. The van der Waals surface area contributed by atoms with Gasteiger partial charge in [0.25, 0.3) is 5.91 Å². The van der Waals surface area contributed by atoms with Crippen LogP contribution in [0.15, 0.2) is 35.2 Å². The molecule has 5 nitrogen and oxygen atoms in total. The first kappa shape index (κ1) is 17.4. The molecule has 1 amide bonds. The van der Waals surface area contributed by atoms with Gasteiger partial charge in [-0.3, -0.25) is 4.79 Å². The summed E-state index contributed by atoms with van der Waals surface area (Å²) >= 11 is 13.7. The zero-order valence-corrected chi connectivity index (χ0v) is 16.0. The minimum atomic E-state index is -0.276. The maximum Gasteiger partial charge on any atom is 0.260 e. The van der Waals surface area contributed by atoms with Crippen LogP contribution in [0.25, 0.3) is 6.08 Å². The van der Waals surface area contributed by atoms with Crippen LogP contribution in [0.3, 0.4) is 0 Å². The second-order valence-corrected chi connectivity index (χ2v) is 7.80. The summed E-state index contributed by atoms with van der Waals surface area (Å²) in [5.41, 5.74) is 2.34. The van der Waals surface area contributed by atoms with Crippen LogP contribution in [0, 0.1) is 6.92 Å². The Morgan fingerprint density at radius 1 is 1.23 bits per heavy atom. The maximum atomic E-state index is 12.3. The summed E-state index contributed by atoms with van der Waals surface area (Å²) in [7, 11) is 0. The van der Waals surface area contributed by atoms with E-state index in [-0.39, 0.29) is 18.2 Å². The number of rotatable bonds is 3. The Bertz CT molecular complexity index is 933. The molecule has 1 atom stereocenters. The number of hydrogen-bond donors (Lipinski definition) is 2. The van der Waals surface area contributed by atoms with Crippen molar-refractivity contribution < 1.29 is 14.3 Å². The highest BCUT2D eigenvalue weighted by atomic mass is 35.5. The third-order valence-corrected chi connectivity index (χ3v) is 5.58. The zero-order valence-electron chi connectivity index (χ0n) is 13.6. The average Bonchev–Trinajstić information content (AvgIpc) is 3.17. The summed E-state index contributed by atoms with van der Waals surface area (Å²) in [5, 5.41) is 7.37. The molecule has 2 heterocycles. The first-order valence-electron chi connectivity index (χ1n) is 7.80. The third-order valence-electron chi connectivity index (χ3n) is 3.98. The summed E-state index contributed by atoms with van der Waals surface area (Å²) in [6.45, 7) is 2.13. The highest BCUT2D eigenvalue weighted by molar-refractivity contribution is 8.05. The molecule has 2 aromatic carbocycles. The van der Waals surface area contributed by atoms with Crippen molar-refractivity contribution in [2.24, 2.45) is 0 Å². The van der Waals surface area contributed by atoms with E-state index in [1.54, 1.807) is 18.2 Å². The van der Waals surface area contributed by atoms with Crippen LogP contribution in [-0.2, 0) is 4.79 Å². The van der Waals surface area contributed by atoms with Gasteiger partial charge >= 0.3 is 0 Å². The number of benzene rings is 2. The smallest absolute Gasteiger partial charge is 0.260 e. The van der Waals surface area contributed by atoms with Crippen LogP contribution in [0.1, 0.15) is 11.1 Å². The van der Waals surface area contributed by atoms with Crippen LogP contribution in [0.4, 0.5) is 5.69 Å². The first-order valence-corrected chi connectivity index (χ1v) is 9.44. The second kappa shape index (κ2) is 6.95. The minimum absolute atomic E-state index is 0.159. The topological polar surface area (TPSA) is 59.6 Å². The Hall–Kier alpha value is -2.02. The average molecular weight is 409 g/mol. The second-order valence-electron chi connectivity index (χ2n) is 5.81. The van der Waals surface area contributed by atoms with E-state index in [1.807, 2.05) is 25.1 Å². The molecule has 2 aromatic rings. The number of carbonyl (C=O) groups is 1. The van der Waals surface area contributed by atoms with Crippen molar-refractivity contribution in [2.45, 2.75) is 12.4 Å². The Morgan fingerprint density at radius 2 is 2.00 bits per heavy atom. The summed E-state index contributed by atoms with van der Waals surface area (Å²) < 4.78 is 10.7. The van der Waals surface area contributed by atoms with Gasteiger partial charge in [-0.2, -0.15) is 0 Å². The van der Waals surface area contributed by atoms with Crippen LogP contribution < -0.4 is 20.1 Å². The molecule has 0 spiro atoms. The number of fused-ring (bicyclic) bond motifs is 1. The molecular weight excluding hydrogens is 395 g/mol. The van der Waals surface area contributed by atoms with Crippen molar-refractivity contribution in [1.29, 1.82) is 0 Å². The number of thioether (sulfide) groups is 1. The molecule has 0 aliphatic carbocycles. The first-order chi connectivity index (χ1) is 12.5. The number of halogens is 2. The normalized spacial score (nSPS) is 19.7. The third kappa shape index (κ3) is 3.45. The van der Waals surface area contributed by atoms with Gasteiger partial charge in [0.2, 0.25) is 6.79 Å². The summed E-state index contributed by atoms with van der Waals surface area (Å²) in [6.07, 6.45) is 1.75. The Labute approximate surface area is 164 Å². The Balaban J connectivity index is 1.54. The molecule has 0 radical (unpaired) electrons. The van der Waals surface area contributed by atoms with Gasteiger partial charge in [-0.25, -0.2) is 0 Å². The lowest BCUT2D eigenvalue weighted by atomic mass is 10.2. The van der Waals surface area contributed by atoms with Gasteiger partial charge in [0.15, 0.2) is 17.0 Å². The predicted octanol–water partition coefficient (Wildman–Crippen LogP) is 4.63. The highest BCUT2D eigenvalue weighted by Crippen LogP contribution is 2.39. The minimum Gasteiger partial charge on any atom is -0.454 e. The summed E-state index contributed by atoms with van der Waals surface area (Å²) in [6, 6.07) is 9.03. The van der Waals surface area contributed by atoms with E-state index in [4.69, 9.17) is 32.7 Å². The van der Waals surface area contributed by atoms with Gasteiger partial charge in [-0.1, -0.05) is 35.0 Å². The number of amides is 1. The largest absolute Gasteiger partial charge is 0.454 e. The van der Waals surface area contributed by atoms with Gasteiger partial charge in [-0.05, 0) is 48.4 Å². The van der Waals surface area contributed by atoms with Crippen molar-refractivity contribution in [2.75, 3.05) is 12.1 Å². The fraction of sp³-hybridized carbons (Fsp3) is 0.167. The van der Waals surface area contributed by atoms with Crippen LogP contribution in [-0.4, -0.2) is 18.2 Å². The highest BCUT2D eigenvalue weighted by Gasteiger charge is 2.28.